The minimum absolute atomic E-state index is 0.0952. The zero-order valence-corrected chi connectivity index (χ0v) is 14.2. The number of nitrogens with one attached hydrogen (secondary N) is 1. The summed E-state index contributed by atoms with van der Waals surface area (Å²) >= 11 is 0. The third kappa shape index (κ3) is 3.28. The highest BCUT2D eigenvalue weighted by molar-refractivity contribution is 5.88. The molecule has 2 N–H and O–H groups in total. The van der Waals surface area contributed by atoms with Crippen LogP contribution in [0.3, 0.4) is 0 Å². The third-order valence-electron chi connectivity index (χ3n) is 4.67. The van der Waals surface area contributed by atoms with E-state index >= 15 is 0 Å². The van der Waals surface area contributed by atoms with Crippen LogP contribution in [0.5, 0.6) is 0 Å². The van der Waals surface area contributed by atoms with Crippen molar-refractivity contribution in [2.24, 2.45) is 5.41 Å². The van der Waals surface area contributed by atoms with E-state index in [1.54, 1.807) is 21.8 Å². The van der Waals surface area contributed by atoms with Gasteiger partial charge in [0.05, 0.1) is 18.5 Å². The number of hydrogen-bond donors (Lipinski definition) is 2. The van der Waals surface area contributed by atoms with E-state index in [-0.39, 0.29) is 18.1 Å². The monoisotopic (exact) mass is 328 g/mol. The van der Waals surface area contributed by atoms with Crippen molar-refractivity contribution in [3.8, 4) is 5.69 Å². The van der Waals surface area contributed by atoms with Crippen molar-refractivity contribution in [1.29, 1.82) is 0 Å². The fraction of sp³-hybridized carbons (Fsp3) is 0.444. The van der Waals surface area contributed by atoms with Gasteiger partial charge in [-0.1, -0.05) is 25.1 Å². The number of amides is 2. The number of anilines is 1. The minimum Gasteiger partial charge on any atom is -0.396 e. The van der Waals surface area contributed by atoms with Crippen LogP contribution in [0.4, 0.5) is 10.6 Å². The first-order chi connectivity index (χ1) is 11.5. The quantitative estimate of drug-likeness (QED) is 0.910. The second kappa shape index (κ2) is 6.65. The van der Waals surface area contributed by atoms with Gasteiger partial charge in [0.25, 0.3) is 0 Å². The number of aryl methyl sites for hydroxylation is 1. The van der Waals surface area contributed by atoms with Crippen molar-refractivity contribution in [3.05, 3.63) is 42.1 Å². The fourth-order valence-corrected chi connectivity index (χ4v) is 3.20. The van der Waals surface area contributed by atoms with Gasteiger partial charge in [0.15, 0.2) is 0 Å². The lowest BCUT2D eigenvalue weighted by Crippen LogP contribution is -2.48. The van der Waals surface area contributed by atoms with Crippen molar-refractivity contribution in [3.63, 3.8) is 0 Å². The highest BCUT2D eigenvalue weighted by Gasteiger charge is 2.32. The molecule has 1 aromatic carbocycles. The van der Waals surface area contributed by atoms with Crippen LogP contribution in [0, 0.1) is 12.3 Å². The molecule has 0 spiro atoms. The van der Waals surface area contributed by atoms with Gasteiger partial charge >= 0.3 is 6.03 Å². The number of piperidine rings is 1. The van der Waals surface area contributed by atoms with E-state index in [9.17, 15) is 9.90 Å². The number of aliphatic hydroxyl groups excluding tert-OH is 1. The maximum Gasteiger partial charge on any atom is 0.323 e. The normalized spacial score (nSPS) is 20.9. The molecule has 1 saturated heterocycles. The molecule has 0 bridgehead atoms. The van der Waals surface area contributed by atoms with Crippen LogP contribution in [-0.2, 0) is 0 Å². The van der Waals surface area contributed by atoms with Crippen LogP contribution in [-0.4, -0.2) is 45.5 Å². The number of rotatable bonds is 3. The Bertz CT molecular complexity index is 727. The van der Waals surface area contributed by atoms with E-state index in [0.717, 1.165) is 24.1 Å². The van der Waals surface area contributed by atoms with Crippen LogP contribution >= 0.6 is 0 Å². The maximum absolute atomic E-state index is 12.6. The zero-order valence-electron chi connectivity index (χ0n) is 14.2. The molecular weight excluding hydrogens is 304 g/mol. The summed E-state index contributed by atoms with van der Waals surface area (Å²) in [6.45, 7) is 5.40. The van der Waals surface area contributed by atoms with Gasteiger partial charge in [0.1, 0.15) is 5.82 Å². The molecule has 1 fully saturated rings. The van der Waals surface area contributed by atoms with Gasteiger partial charge in [-0.3, -0.25) is 5.32 Å². The summed E-state index contributed by atoms with van der Waals surface area (Å²) in [6, 6.07) is 9.56. The summed E-state index contributed by atoms with van der Waals surface area (Å²) in [6.07, 6.45) is 3.52. The number of benzene rings is 1. The fourth-order valence-electron chi connectivity index (χ4n) is 3.20. The predicted octanol–water partition coefficient (Wildman–Crippen LogP) is 2.81. The summed E-state index contributed by atoms with van der Waals surface area (Å²) in [5, 5.41) is 16.8. The molecule has 6 heteroatoms. The summed E-state index contributed by atoms with van der Waals surface area (Å²) in [5.41, 5.74) is 1.81. The van der Waals surface area contributed by atoms with Crippen molar-refractivity contribution in [1.82, 2.24) is 14.7 Å². The lowest BCUT2D eigenvalue weighted by atomic mass is 9.83. The zero-order chi connectivity index (χ0) is 17.2. The summed E-state index contributed by atoms with van der Waals surface area (Å²) < 4.78 is 1.74. The van der Waals surface area contributed by atoms with Crippen LogP contribution in [0.2, 0.25) is 0 Å². The molecule has 1 atom stereocenters. The standard InChI is InChI=1S/C18H24N4O2/c1-14-6-3-4-7-15(14)22-16(8-10-19-22)20-17(24)21-11-5-9-18(2,12-21)13-23/h3-4,6-8,10,23H,5,9,11-13H2,1-2H3,(H,20,24). The molecule has 1 aromatic heterocycles. The Morgan fingerprint density at radius 2 is 2.17 bits per heavy atom. The Morgan fingerprint density at radius 3 is 2.92 bits per heavy atom. The molecule has 24 heavy (non-hydrogen) atoms. The van der Waals surface area contributed by atoms with E-state index in [1.165, 1.54) is 0 Å². The molecule has 1 unspecified atom stereocenters. The van der Waals surface area contributed by atoms with Gasteiger partial charge < -0.3 is 10.0 Å². The first kappa shape index (κ1) is 16.5. The van der Waals surface area contributed by atoms with Crippen molar-refractivity contribution in [2.45, 2.75) is 26.7 Å². The van der Waals surface area contributed by atoms with E-state index < -0.39 is 0 Å². The number of urea groups is 1. The van der Waals surface area contributed by atoms with E-state index in [1.807, 2.05) is 38.1 Å². The molecule has 1 aliphatic heterocycles. The van der Waals surface area contributed by atoms with Gasteiger partial charge in [-0.15, -0.1) is 0 Å². The molecular formula is C18H24N4O2. The van der Waals surface area contributed by atoms with Gasteiger partial charge in [-0.05, 0) is 31.4 Å². The van der Waals surface area contributed by atoms with Crippen LogP contribution in [0.1, 0.15) is 25.3 Å². The smallest absolute Gasteiger partial charge is 0.323 e. The molecule has 2 heterocycles. The minimum atomic E-state index is -0.216. The highest BCUT2D eigenvalue weighted by Crippen LogP contribution is 2.29. The van der Waals surface area contributed by atoms with E-state index in [2.05, 4.69) is 10.4 Å². The first-order valence-corrected chi connectivity index (χ1v) is 8.29. The van der Waals surface area contributed by atoms with Gasteiger partial charge in [0.2, 0.25) is 0 Å². The molecule has 128 valence electrons. The Hall–Kier alpha value is -2.34. The van der Waals surface area contributed by atoms with E-state index in [0.29, 0.717) is 18.9 Å². The maximum atomic E-state index is 12.6. The van der Waals surface area contributed by atoms with Crippen LogP contribution in [0.15, 0.2) is 36.5 Å². The number of para-hydroxylation sites is 1. The lowest BCUT2D eigenvalue weighted by molar-refractivity contribution is 0.0648. The summed E-state index contributed by atoms with van der Waals surface area (Å²) in [5.74, 6) is 0.644. The Labute approximate surface area is 142 Å². The van der Waals surface area contributed by atoms with Crippen LogP contribution < -0.4 is 5.32 Å². The van der Waals surface area contributed by atoms with Crippen molar-refractivity contribution >= 4 is 11.8 Å². The van der Waals surface area contributed by atoms with Crippen molar-refractivity contribution < 1.29 is 9.90 Å². The highest BCUT2D eigenvalue weighted by atomic mass is 16.3. The molecule has 1 aliphatic rings. The number of aliphatic hydroxyl groups is 1. The second-order valence-corrected chi connectivity index (χ2v) is 6.84. The number of nitrogens with zero attached hydrogens (tertiary/aromatic N) is 3. The Kier molecular flexibility index (Phi) is 4.57. The number of aromatic nitrogens is 2. The largest absolute Gasteiger partial charge is 0.396 e. The van der Waals surface area contributed by atoms with Gasteiger partial charge in [-0.2, -0.15) is 5.10 Å². The molecule has 0 aliphatic carbocycles. The molecule has 6 nitrogen and oxygen atoms in total. The topological polar surface area (TPSA) is 70.4 Å². The SMILES string of the molecule is Cc1ccccc1-n1nccc1NC(=O)N1CCCC(C)(CO)C1. The lowest BCUT2D eigenvalue weighted by Gasteiger charge is -2.39. The number of carbonyl (C=O) groups excluding carboxylic acids is 1. The molecule has 0 radical (unpaired) electrons. The van der Waals surface area contributed by atoms with Gasteiger partial charge in [-0.25, -0.2) is 9.48 Å². The molecule has 3 rings (SSSR count). The van der Waals surface area contributed by atoms with Crippen molar-refractivity contribution in [2.75, 3.05) is 25.0 Å². The Morgan fingerprint density at radius 1 is 1.38 bits per heavy atom. The average Bonchev–Trinajstić information content (AvgIpc) is 3.03. The first-order valence-electron chi connectivity index (χ1n) is 8.29. The molecule has 2 aromatic rings. The van der Waals surface area contributed by atoms with Gasteiger partial charge in [0, 0.05) is 24.6 Å². The molecule has 2 amide bonds. The number of likely N-dealkylation sites (tertiary alicyclic amines) is 1. The number of carbonyl (C=O) groups is 1. The third-order valence-corrected chi connectivity index (χ3v) is 4.67. The average molecular weight is 328 g/mol. The Balaban J connectivity index is 1.77. The summed E-state index contributed by atoms with van der Waals surface area (Å²) in [7, 11) is 0. The van der Waals surface area contributed by atoms with E-state index in [4.69, 9.17) is 0 Å². The van der Waals surface area contributed by atoms with Crippen LogP contribution in [0.25, 0.3) is 5.69 Å². The number of hydrogen-bond acceptors (Lipinski definition) is 3. The summed E-state index contributed by atoms with van der Waals surface area (Å²) in [4.78, 5) is 14.4. The predicted molar refractivity (Wildman–Crippen MR) is 93.3 cm³/mol. The molecule has 0 saturated carbocycles. The second-order valence-electron chi connectivity index (χ2n) is 6.84.